The molecule has 0 atom stereocenters. The van der Waals surface area contributed by atoms with E-state index < -0.39 is 0 Å². The number of piperidine rings is 2. The summed E-state index contributed by atoms with van der Waals surface area (Å²) < 4.78 is 5.97. The summed E-state index contributed by atoms with van der Waals surface area (Å²) in [6.07, 6.45) is 12.6. The van der Waals surface area contributed by atoms with Crippen LogP contribution in [0.3, 0.4) is 0 Å². The lowest BCUT2D eigenvalue weighted by molar-refractivity contribution is 0.170. The first-order valence-corrected chi connectivity index (χ1v) is 11.0. The number of imidazole rings is 1. The highest BCUT2D eigenvalue weighted by molar-refractivity contribution is 5.49. The Hall–Kier alpha value is -2.01. The van der Waals surface area contributed by atoms with E-state index in [1.807, 2.05) is 6.20 Å². The van der Waals surface area contributed by atoms with E-state index in [2.05, 4.69) is 44.0 Å². The highest BCUT2D eigenvalue weighted by Crippen LogP contribution is 2.23. The van der Waals surface area contributed by atoms with Gasteiger partial charge < -0.3 is 19.5 Å². The fourth-order valence-corrected chi connectivity index (χ4v) is 4.50. The smallest absolute Gasteiger partial charge is 0.119 e. The molecule has 2 aliphatic rings. The molecule has 1 aromatic heterocycles. The monoisotopic (exact) mass is 382 g/mol. The largest absolute Gasteiger partial charge is 0.494 e. The van der Waals surface area contributed by atoms with E-state index in [1.165, 1.54) is 69.7 Å². The minimum atomic E-state index is 0.798. The quantitative estimate of drug-likeness (QED) is 0.698. The minimum absolute atomic E-state index is 0.798. The van der Waals surface area contributed by atoms with E-state index >= 15 is 0 Å². The van der Waals surface area contributed by atoms with Gasteiger partial charge in [-0.05, 0) is 88.2 Å². The Balaban J connectivity index is 1.11. The molecule has 0 bridgehead atoms. The third kappa shape index (κ3) is 5.51. The zero-order chi connectivity index (χ0) is 19.0. The zero-order valence-electron chi connectivity index (χ0n) is 17.0. The average Bonchev–Trinajstić information content (AvgIpc) is 3.27. The van der Waals surface area contributed by atoms with Gasteiger partial charge in [0.1, 0.15) is 5.75 Å². The molecule has 5 nitrogen and oxygen atoms in total. The fourth-order valence-electron chi connectivity index (χ4n) is 4.50. The number of aromatic nitrogens is 2. The van der Waals surface area contributed by atoms with E-state index in [-0.39, 0.29) is 0 Å². The zero-order valence-corrected chi connectivity index (χ0v) is 17.0. The van der Waals surface area contributed by atoms with Gasteiger partial charge in [0.25, 0.3) is 0 Å². The summed E-state index contributed by atoms with van der Waals surface area (Å²) in [7, 11) is 0. The van der Waals surface area contributed by atoms with Crippen LogP contribution >= 0.6 is 0 Å². The van der Waals surface area contributed by atoms with Gasteiger partial charge in [-0.3, -0.25) is 0 Å². The highest BCUT2D eigenvalue weighted by Gasteiger charge is 2.19. The van der Waals surface area contributed by atoms with Crippen LogP contribution in [-0.2, 0) is 6.42 Å². The summed E-state index contributed by atoms with van der Waals surface area (Å²) >= 11 is 0. The SMILES string of the molecule is c1ncc(CC2CCN(CCCOc3ccc(N4CCCCC4)cc3)CC2)[nH]1. The molecule has 2 aromatic rings. The topological polar surface area (TPSA) is 44.4 Å². The molecule has 2 aliphatic heterocycles. The molecular formula is C23H34N4O. The van der Waals surface area contributed by atoms with E-state index in [0.717, 1.165) is 37.7 Å². The average molecular weight is 383 g/mol. The van der Waals surface area contributed by atoms with Gasteiger partial charge in [-0.1, -0.05) is 0 Å². The highest BCUT2D eigenvalue weighted by atomic mass is 16.5. The van der Waals surface area contributed by atoms with Gasteiger partial charge in [0.05, 0.1) is 12.9 Å². The van der Waals surface area contributed by atoms with Gasteiger partial charge in [-0.15, -0.1) is 0 Å². The molecule has 0 amide bonds. The van der Waals surface area contributed by atoms with Crippen molar-refractivity contribution in [1.29, 1.82) is 0 Å². The Bertz CT molecular complexity index is 671. The van der Waals surface area contributed by atoms with Gasteiger partial charge in [0, 0.05) is 37.2 Å². The number of nitrogens with one attached hydrogen (secondary N) is 1. The van der Waals surface area contributed by atoms with Crippen molar-refractivity contribution < 1.29 is 4.74 Å². The number of ether oxygens (including phenoxy) is 1. The predicted molar refractivity (Wildman–Crippen MR) is 114 cm³/mol. The fraction of sp³-hybridized carbons (Fsp3) is 0.609. The number of anilines is 1. The van der Waals surface area contributed by atoms with Crippen LogP contribution in [0.2, 0.25) is 0 Å². The maximum atomic E-state index is 5.97. The second-order valence-corrected chi connectivity index (χ2v) is 8.31. The molecule has 3 heterocycles. The van der Waals surface area contributed by atoms with Gasteiger partial charge in [-0.25, -0.2) is 4.98 Å². The molecule has 2 saturated heterocycles. The number of hydrogen-bond acceptors (Lipinski definition) is 4. The molecule has 0 aliphatic carbocycles. The van der Waals surface area contributed by atoms with Crippen LogP contribution in [0.5, 0.6) is 5.75 Å². The predicted octanol–water partition coefficient (Wildman–Crippen LogP) is 4.12. The van der Waals surface area contributed by atoms with Crippen molar-refractivity contribution in [3.63, 3.8) is 0 Å². The van der Waals surface area contributed by atoms with Crippen LogP contribution in [0.15, 0.2) is 36.8 Å². The third-order valence-electron chi connectivity index (χ3n) is 6.22. The normalized spacial score (nSPS) is 19.1. The second kappa shape index (κ2) is 9.97. The summed E-state index contributed by atoms with van der Waals surface area (Å²) in [5.41, 5.74) is 2.61. The molecule has 2 fully saturated rings. The molecule has 0 spiro atoms. The molecule has 1 aromatic carbocycles. The number of benzene rings is 1. The lowest BCUT2D eigenvalue weighted by Gasteiger charge is -2.31. The minimum Gasteiger partial charge on any atom is -0.494 e. The summed E-state index contributed by atoms with van der Waals surface area (Å²) in [6, 6.07) is 8.69. The van der Waals surface area contributed by atoms with Crippen molar-refractivity contribution in [2.45, 2.75) is 44.9 Å². The van der Waals surface area contributed by atoms with Gasteiger partial charge in [0.2, 0.25) is 0 Å². The van der Waals surface area contributed by atoms with Crippen molar-refractivity contribution in [1.82, 2.24) is 14.9 Å². The first kappa shape index (κ1) is 19.3. The summed E-state index contributed by atoms with van der Waals surface area (Å²) in [5.74, 6) is 1.80. The molecule has 5 heteroatoms. The van der Waals surface area contributed by atoms with Gasteiger partial charge in [0.15, 0.2) is 0 Å². The standard InChI is InChI=1S/C23H34N4O/c1-2-12-27(13-3-1)22-5-7-23(8-6-22)28-16-4-11-26-14-9-20(10-15-26)17-21-18-24-19-25-21/h5-8,18-20H,1-4,9-17H2,(H,24,25). The lowest BCUT2D eigenvalue weighted by Crippen LogP contribution is -2.35. The van der Waals surface area contributed by atoms with Crippen molar-refractivity contribution in [3.8, 4) is 5.75 Å². The Kier molecular flexibility index (Phi) is 6.87. The van der Waals surface area contributed by atoms with E-state index in [4.69, 9.17) is 4.74 Å². The van der Waals surface area contributed by atoms with Crippen LogP contribution in [0, 0.1) is 5.92 Å². The molecule has 0 saturated carbocycles. The molecule has 4 rings (SSSR count). The van der Waals surface area contributed by atoms with E-state index in [0.29, 0.717) is 0 Å². The Morgan fingerprint density at radius 3 is 2.50 bits per heavy atom. The van der Waals surface area contributed by atoms with Crippen molar-refractivity contribution in [2.24, 2.45) is 5.92 Å². The van der Waals surface area contributed by atoms with Crippen molar-refractivity contribution in [3.05, 3.63) is 42.5 Å². The lowest BCUT2D eigenvalue weighted by atomic mass is 9.92. The molecular weight excluding hydrogens is 348 g/mol. The number of likely N-dealkylation sites (tertiary alicyclic amines) is 1. The molecule has 1 N–H and O–H groups in total. The number of H-pyrrole nitrogens is 1. The summed E-state index contributed by atoms with van der Waals surface area (Å²) in [5, 5.41) is 0. The maximum Gasteiger partial charge on any atom is 0.119 e. The van der Waals surface area contributed by atoms with E-state index in [1.54, 1.807) is 6.33 Å². The number of rotatable bonds is 8. The summed E-state index contributed by atoms with van der Waals surface area (Å²) in [4.78, 5) is 12.4. The van der Waals surface area contributed by atoms with Crippen molar-refractivity contribution in [2.75, 3.05) is 44.2 Å². The second-order valence-electron chi connectivity index (χ2n) is 8.31. The van der Waals surface area contributed by atoms with E-state index in [9.17, 15) is 0 Å². The molecule has 0 unspecified atom stereocenters. The first-order valence-electron chi connectivity index (χ1n) is 11.0. The van der Waals surface area contributed by atoms with Crippen molar-refractivity contribution >= 4 is 5.69 Å². The van der Waals surface area contributed by atoms with Gasteiger partial charge >= 0.3 is 0 Å². The maximum absolute atomic E-state index is 5.97. The Morgan fingerprint density at radius 1 is 1.00 bits per heavy atom. The molecule has 152 valence electrons. The summed E-state index contributed by atoms with van der Waals surface area (Å²) in [6.45, 7) is 6.75. The number of hydrogen-bond donors (Lipinski definition) is 1. The number of aromatic amines is 1. The molecule has 0 radical (unpaired) electrons. The third-order valence-corrected chi connectivity index (χ3v) is 6.22. The van der Waals surface area contributed by atoms with Crippen LogP contribution in [0.25, 0.3) is 0 Å². The first-order chi connectivity index (χ1) is 13.9. The Morgan fingerprint density at radius 2 is 1.79 bits per heavy atom. The van der Waals surface area contributed by atoms with Crippen LogP contribution in [0.4, 0.5) is 5.69 Å². The number of nitrogens with zero attached hydrogens (tertiary/aromatic N) is 3. The van der Waals surface area contributed by atoms with Crippen LogP contribution in [-0.4, -0.2) is 54.2 Å². The Labute approximate surface area is 169 Å². The molecule has 28 heavy (non-hydrogen) atoms. The van der Waals surface area contributed by atoms with Crippen LogP contribution in [0.1, 0.15) is 44.2 Å². The van der Waals surface area contributed by atoms with Gasteiger partial charge in [-0.2, -0.15) is 0 Å². The van der Waals surface area contributed by atoms with Crippen LogP contribution < -0.4 is 9.64 Å².